The quantitative estimate of drug-likeness (QED) is 0.763. The van der Waals surface area contributed by atoms with E-state index in [1.165, 1.54) is 0 Å². The van der Waals surface area contributed by atoms with Gasteiger partial charge < -0.3 is 24.9 Å². The Morgan fingerprint density at radius 2 is 2.09 bits per heavy atom. The number of aryl methyl sites for hydroxylation is 1. The van der Waals surface area contributed by atoms with Crippen LogP contribution in [0.15, 0.2) is 40.8 Å². The molecule has 1 atom stereocenters. The topological polar surface area (TPSA) is 83.7 Å². The summed E-state index contributed by atoms with van der Waals surface area (Å²) in [6.45, 7) is 3.80. The van der Waals surface area contributed by atoms with Crippen molar-refractivity contribution in [3.05, 3.63) is 53.5 Å². The number of rotatable bonds is 6. The van der Waals surface area contributed by atoms with Gasteiger partial charge in [0.25, 0.3) is 0 Å². The van der Waals surface area contributed by atoms with E-state index in [0.717, 1.165) is 11.3 Å². The smallest absolute Gasteiger partial charge is 0.315 e. The molecule has 1 unspecified atom stereocenters. The molecule has 1 aromatic heterocycles. The van der Waals surface area contributed by atoms with Crippen molar-refractivity contribution < 1.29 is 19.1 Å². The number of nitrogens with one attached hydrogen (secondary N) is 2. The molecule has 2 aromatic rings. The molecule has 124 valence electrons. The van der Waals surface area contributed by atoms with Crippen LogP contribution in [0.25, 0.3) is 0 Å². The van der Waals surface area contributed by atoms with Gasteiger partial charge in [-0.3, -0.25) is 0 Å². The van der Waals surface area contributed by atoms with Gasteiger partial charge in [0.15, 0.2) is 0 Å². The van der Waals surface area contributed by atoms with Crippen molar-refractivity contribution in [2.45, 2.75) is 26.0 Å². The molecular formula is C17H22N2O4. The van der Waals surface area contributed by atoms with Crippen molar-refractivity contribution in [1.29, 1.82) is 0 Å². The van der Waals surface area contributed by atoms with E-state index in [9.17, 15) is 9.90 Å². The predicted octanol–water partition coefficient (Wildman–Crippen LogP) is 2.30. The Morgan fingerprint density at radius 1 is 1.30 bits per heavy atom. The maximum Gasteiger partial charge on any atom is 0.315 e. The normalized spacial score (nSPS) is 13.2. The second kappa shape index (κ2) is 7.19. The molecule has 0 spiro atoms. The van der Waals surface area contributed by atoms with E-state index < -0.39 is 5.60 Å². The largest absolute Gasteiger partial charge is 0.497 e. The lowest BCUT2D eigenvalue weighted by molar-refractivity contribution is 0.0360. The fourth-order valence-electron chi connectivity index (χ4n) is 2.09. The van der Waals surface area contributed by atoms with E-state index in [-0.39, 0.29) is 12.6 Å². The molecule has 0 radical (unpaired) electrons. The summed E-state index contributed by atoms with van der Waals surface area (Å²) < 4.78 is 10.5. The molecule has 3 N–H and O–H groups in total. The number of carbonyl (C=O) groups is 1. The van der Waals surface area contributed by atoms with E-state index in [0.29, 0.717) is 18.1 Å². The van der Waals surface area contributed by atoms with Crippen molar-refractivity contribution >= 4 is 6.03 Å². The predicted molar refractivity (Wildman–Crippen MR) is 86.2 cm³/mol. The van der Waals surface area contributed by atoms with Gasteiger partial charge >= 0.3 is 6.03 Å². The van der Waals surface area contributed by atoms with Crippen LogP contribution in [0.4, 0.5) is 4.79 Å². The fraction of sp³-hybridized carbons (Fsp3) is 0.353. The first-order valence-electron chi connectivity index (χ1n) is 7.34. The number of methoxy groups -OCH3 is 1. The summed E-state index contributed by atoms with van der Waals surface area (Å²) in [6, 6.07) is 10.5. The summed E-state index contributed by atoms with van der Waals surface area (Å²) in [7, 11) is 1.59. The lowest BCUT2D eigenvalue weighted by Crippen LogP contribution is -2.43. The number of aliphatic hydroxyl groups is 1. The molecule has 6 heteroatoms. The van der Waals surface area contributed by atoms with E-state index >= 15 is 0 Å². The highest BCUT2D eigenvalue weighted by Crippen LogP contribution is 2.21. The van der Waals surface area contributed by atoms with Gasteiger partial charge in [0, 0.05) is 6.54 Å². The number of hydrogen-bond acceptors (Lipinski definition) is 4. The Morgan fingerprint density at radius 3 is 2.74 bits per heavy atom. The van der Waals surface area contributed by atoms with E-state index in [1.807, 2.05) is 24.3 Å². The highest BCUT2D eigenvalue weighted by atomic mass is 16.5. The third kappa shape index (κ3) is 4.75. The van der Waals surface area contributed by atoms with Crippen molar-refractivity contribution in [2.75, 3.05) is 13.7 Å². The molecular weight excluding hydrogens is 296 g/mol. The minimum atomic E-state index is -1.26. The van der Waals surface area contributed by atoms with Gasteiger partial charge in [-0.15, -0.1) is 0 Å². The zero-order valence-electron chi connectivity index (χ0n) is 13.6. The van der Waals surface area contributed by atoms with Gasteiger partial charge in [0.05, 0.1) is 13.7 Å². The maximum atomic E-state index is 11.9. The van der Waals surface area contributed by atoms with Crippen LogP contribution in [-0.4, -0.2) is 24.8 Å². The summed E-state index contributed by atoms with van der Waals surface area (Å²) in [5, 5.41) is 15.7. The van der Waals surface area contributed by atoms with Crippen molar-refractivity contribution in [2.24, 2.45) is 0 Å². The lowest BCUT2D eigenvalue weighted by atomic mass is 10.0. The van der Waals surface area contributed by atoms with Crippen LogP contribution in [0.5, 0.6) is 5.75 Å². The van der Waals surface area contributed by atoms with Crippen LogP contribution in [0, 0.1) is 6.92 Å². The fourth-order valence-corrected chi connectivity index (χ4v) is 2.09. The molecule has 0 aliphatic carbocycles. The molecule has 2 rings (SSSR count). The number of benzene rings is 1. The average molecular weight is 318 g/mol. The number of urea groups is 1. The highest BCUT2D eigenvalue weighted by Gasteiger charge is 2.27. The Bertz CT molecular complexity index is 664. The molecule has 0 bridgehead atoms. The molecule has 1 heterocycles. The van der Waals surface area contributed by atoms with Gasteiger partial charge in [-0.1, -0.05) is 12.1 Å². The Labute approximate surface area is 135 Å². The van der Waals surface area contributed by atoms with Gasteiger partial charge in [-0.2, -0.15) is 0 Å². The molecule has 0 saturated carbocycles. The first-order chi connectivity index (χ1) is 10.9. The molecule has 0 saturated heterocycles. The SMILES string of the molecule is COc1cccc(CNC(=O)NCC(C)(O)c2ccc(C)o2)c1. The van der Waals surface area contributed by atoms with Crippen LogP contribution in [0.2, 0.25) is 0 Å². The summed E-state index contributed by atoms with van der Waals surface area (Å²) in [6.07, 6.45) is 0. The second-order valence-electron chi connectivity index (χ2n) is 5.57. The molecule has 2 amide bonds. The minimum absolute atomic E-state index is 0.0455. The van der Waals surface area contributed by atoms with Crippen LogP contribution < -0.4 is 15.4 Å². The number of ether oxygens (including phenoxy) is 1. The van der Waals surface area contributed by atoms with Crippen molar-refractivity contribution in [3.8, 4) is 5.75 Å². The van der Waals surface area contributed by atoms with Gasteiger partial charge in [-0.05, 0) is 43.7 Å². The number of furan rings is 1. The van der Waals surface area contributed by atoms with Gasteiger partial charge in [0.2, 0.25) is 0 Å². The number of hydrogen-bond donors (Lipinski definition) is 3. The monoisotopic (exact) mass is 318 g/mol. The lowest BCUT2D eigenvalue weighted by Gasteiger charge is -2.21. The van der Waals surface area contributed by atoms with E-state index in [4.69, 9.17) is 9.15 Å². The van der Waals surface area contributed by atoms with E-state index in [2.05, 4.69) is 10.6 Å². The van der Waals surface area contributed by atoms with Crippen LogP contribution in [-0.2, 0) is 12.1 Å². The first kappa shape index (κ1) is 16.9. The Kier molecular flexibility index (Phi) is 5.28. The van der Waals surface area contributed by atoms with E-state index in [1.54, 1.807) is 33.1 Å². The Hall–Kier alpha value is -2.47. The molecule has 0 aliphatic heterocycles. The van der Waals surface area contributed by atoms with Crippen molar-refractivity contribution in [3.63, 3.8) is 0 Å². The number of carbonyl (C=O) groups excluding carboxylic acids is 1. The van der Waals surface area contributed by atoms with Crippen molar-refractivity contribution in [1.82, 2.24) is 10.6 Å². The third-order valence-electron chi connectivity index (χ3n) is 3.45. The Balaban J connectivity index is 1.82. The van der Waals surface area contributed by atoms with Gasteiger partial charge in [0.1, 0.15) is 22.9 Å². The van der Waals surface area contributed by atoms with Crippen LogP contribution in [0.3, 0.4) is 0 Å². The first-order valence-corrected chi connectivity index (χ1v) is 7.34. The van der Waals surface area contributed by atoms with Gasteiger partial charge in [-0.25, -0.2) is 4.79 Å². The zero-order chi connectivity index (χ0) is 16.9. The second-order valence-corrected chi connectivity index (χ2v) is 5.57. The molecule has 23 heavy (non-hydrogen) atoms. The molecule has 0 aliphatic rings. The molecule has 6 nitrogen and oxygen atoms in total. The highest BCUT2D eigenvalue weighted by molar-refractivity contribution is 5.73. The summed E-state index contributed by atoms with van der Waals surface area (Å²) >= 11 is 0. The summed E-state index contributed by atoms with van der Waals surface area (Å²) in [4.78, 5) is 11.9. The molecule has 0 fully saturated rings. The average Bonchev–Trinajstić information content (AvgIpc) is 2.98. The summed E-state index contributed by atoms with van der Waals surface area (Å²) in [5.74, 6) is 1.87. The standard InChI is InChI=1S/C17H22N2O4/c1-12-7-8-15(23-12)17(2,21)11-19-16(20)18-10-13-5-4-6-14(9-13)22-3/h4-9,21H,10-11H2,1-3H3,(H2,18,19,20). The molecule has 1 aromatic carbocycles. The van der Waals surface area contributed by atoms with Crippen LogP contribution >= 0.6 is 0 Å². The minimum Gasteiger partial charge on any atom is -0.497 e. The number of amides is 2. The maximum absolute atomic E-state index is 11.9. The third-order valence-corrected chi connectivity index (χ3v) is 3.45. The summed E-state index contributed by atoms with van der Waals surface area (Å²) in [5.41, 5.74) is -0.338. The van der Waals surface area contributed by atoms with Crippen LogP contribution in [0.1, 0.15) is 24.0 Å². The zero-order valence-corrected chi connectivity index (χ0v) is 13.6.